The summed E-state index contributed by atoms with van der Waals surface area (Å²) in [4.78, 5) is 60.1. The Morgan fingerprint density at radius 1 is 0.821 bits per heavy atom. The molecule has 0 aromatic carbocycles. The molecular formula is C27H50N4O8. The Bertz CT molecular complexity index is 715. The maximum atomic E-state index is 12.9. The second-order valence-electron chi connectivity index (χ2n) is 9.63. The first kappa shape index (κ1) is 36.3. The van der Waals surface area contributed by atoms with E-state index in [1.54, 1.807) is 21.0 Å². The Balaban J connectivity index is 5.00. The molecule has 12 heteroatoms. The summed E-state index contributed by atoms with van der Waals surface area (Å²) >= 11 is 0. The van der Waals surface area contributed by atoms with Crippen molar-refractivity contribution >= 4 is 29.6 Å². The minimum absolute atomic E-state index is 0.0178. The molecule has 0 saturated carbocycles. The van der Waals surface area contributed by atoms with Gasteiger partial charge >= 0.3 is 6.09 Å². The third-order valence-corrected chi connectivity index (χ3v) is 6.10. The molecule has 0 aliphatic rings. The maximum Gasteiger partial charge on any atom is 0.408 e. The zero-order chi connectivity index (χ0) is 29.5. The van der Waals surface area contributed by atoms with E-state index in [0.29, 0.717) is 45.3 Å². The summed E-state index contributed by atoms with van der Waals surface area (Å²) in [7, 11) is 1.59. The van der Waals surface area contributed by atoms with Gasteiger partial charge in [0.05, 0.1) is 19.7 Å². The van der Waals surface area contributed by atoms with E-state index in [2.05, 4.69) is 21.3 Å². The van der Waals surface area contributed by atoms with Gasteiger partial charge in [0.1, 0.15) is 17.9 Å². The predicted octanol–water partition coefficient (Wildman–Crippen LogP) is 1.58. The van der Waals surface area contributed by atoms with Crippen molar-refractivity contribution in [2.45, 2.75) is 97.1 Å². The summed E-state index contributed by atoms with van der Waals surface area (Å²) in [6.07, 6.45) is 4.06. The number of hydrogen-bond donors (Lipinski definition) is 5. The molecule has 1 unspecified atom stereocenters. The van der Waals surface area contributed by atoms with Crippen LogP contribution in [0.25, 0.3) is 0 Å². The molecule has 0 radical (unpaired) electrons. The number of rotatable bonds is 23. The van der Waals surface area contributed by atoms with E-state index in [4.69, 9.17) is 9.47 Å². The van der Waals surface area contributed by atoms with Crippen LogP contribution in [0, 0.1) is 5.92 Å². The second-order valence-corrected chi connectivity index (χ2v) is 9.63. The minimum Gasteiger partial charge on any atom is -0.442 e. The Kier molecular flexibility index (Phi) is 21.6. The summed E-state index contributed by atoms with van der Waals surface area (Å²) < 4.78 is 10.5. The van der Waals surface area contributed by atoms with Gasteiger partial charge < -0.3 is 40.6 Å². The van der Waals surface area contributed by atoms with Crippen molar-refractivity contribution < 1.29 is 38.6 Å². The number of nitrogens with one attached hydrogen (secondary N) is 4. The topological polar surface area (TPSA) is 172 Å². The molecule has 0 heterocycles. The van der Waals surface area contributed by atoms with Crippen LogP contribution in [0.15, 0.2) is 0 Å². The molecule has 0 fully saturated rings. The lowest BCUT2D eigenvalue weighted by Crippen LogP contribution is -2.49. The molecular weight excluding hydrogens is 508 g/mol. The van der Waals surface area contributed by atoms with Gasteiger partial charge in [0.25, 0.3) is 0 Å². The highest BCUT2D eigenvalue weighted by atomic mass is 16.6. The van der Waals surface area contributed by atoms with Crippen LogP contribution in [0.5, 0.6) is 0 Å². The largest absolute Gasteiger partial charge is 0.442 e. The molecule has 0 aliphatic heterocycles. The molecule has 39 heavy (non-hydrogen) atoms. The van der Waals surface area contributed by atoms with E-state index in [0.717, 1.165) is 19.3 Å². The molecule has 0 rings (SSSR count). The number of ketones is 1. The first-order valence-corrected chi connectivity index (χ1v) is 14.0. The van der Waals surface area contributed by atoms with Crippen LogP contribution in [0.2, 0.25) is 0 Å². The Morgan fingerprint density at radius 2 is 1.44 bits per heavy atom. The van der Waals surface area contributed by atoms with Gasteiger partial charge in [0, 0.05) is 45.4 Å². The molecule has 5 N–H and O–H groups in total. The van der Waals surface area contributed by atoms with E-state index in [1.807, 2.05) is 0 Å². The molecule has 2 atom stereocenters. The molecule has 0 aromatic rings. The first-order chi connectivity index (χ1) is 18.7. The zero-order valence-electron chi connectivity index (χ0n) is 24.1. The summed E-state index contributed by atoms with van der Waals surface area (Å²) in [6.45, 7) is 5.90. The molecule has 0 aromatic heterocycles. The van der Waals surface area contributed by atoms with Crippen LogP contribution in [-0.4, -0.2) is 86.8 Å². The summed E-state index contributed by atoms with van der Waals surface area (Å²) in [5.41, 5.74) is 0. The van der Waals surface area contributed by atoms with Gasteiger partial charge in [-0.25, -0.2) is 4.79 Å². The number of Topliss-reactive ketones (excluding diaryl/α,β-unsaturated/α-hetero) is 1. The average molecular weight is 559 g/mol. The Labute approximate surface area is 232 Å². The van der Waals surface area contributed by atoms with Crippen LogP contribution in [0.4, 0.5) is 4.79 Å². The Hall–Kier alpha value is -2.73. The summed E-state index contributed by atoms with van der Waals surface area (Å²) in [6, 6.07) is -0.843. The molecule has 12 nitrogen and oxygen atoms in total. The van der Waals surface area contributed by atoms with Gasteiger partial charge in [-0.1, -0.05) is 33.1 Å². The van der Waals surface area contributed by atoms with Crippen LogP contribution < -0.4 is 21.3 Å². The first-order valence-electron chi connectivity index (χ1n) is 14.0. The van der Waals surface area contributed by atoms with E-state index < -0.39 is 18.2 Å². The van der Waals surface area contributed by atoms with Crippen molar-refractivity contribution in [2.75, 3.05) is 40.0 Å². The fourth-order valence-electron chi connectivity index (χ4n) is 3.71. The fourth-order valence-corrected chi connectivity index (χ4v) is 3.71. The van der Waals surface area contributed by atoms with Crippen molar-refractivity contribution in [1.29, 1.82) is 0 Å². The SMILES string of the molecule is CCC(=O)NCC(CNC(=O)CC)OC(=O)N[C@@H](CCCCCC(C)=O)C(=O)NCCCCC(CO)COC. The van der Waals surface area contributed by atoms with Crippen molar-refractivity contribution in [2.24, 2.45) is 5.92 Å². The van der Waals surface area contributed by atoms with E-state index in [1.165, 1.54) is 6.92 Å². The molecule has 0 spiro atoms. The third-order valence-electron chi connectivity index (χ3n) is 6.10. The number of carbonyl (C=O) groups is 5. The number of alkyl carbamates (subject to hydrolysis) is 1. The summed E-state index contributed by atoms with van der Waals surface area (Å²) in [5, 5.41) is 20.1. The smallest absolute Gasteiger partial charge is 0.408 e. The summed E-state index contributed by atoms with van der Waals surface area (Å²) in [5.74, 6) is -0.620. The molecule has 226 valence electrons. The van der Waals surface area contributed by atoms with Crippen LogP contribution in [0.1, 0.15) is 85.0 Å². The van der Waals surface area contributed by atoms with E-state index >= 15 is 0 Å². The number of aliphatic hydroxyl groups excluding tert-OH is 1. The lowest BCUT2D eigenvalue weighted by atomic mass is 10.0. The van der Waals surface area contributed by atoms with Gasteiger partial charge in [-0.15, -0.1) is 0 Å². The predicted molar refractivity (Wildman–Crippen MR) is 147 cm³/mol. The monoisotopic (exact) mass is 558 g/mol. The number of methoxy groups -OCH3 is 1. The highest BCUT2D eigenvalue weighted by Crippen LogP contribution is 2.09. The van der Waals surface area contributed by atoms with Crippen LogP contribution in [0.3, 0.4) is 0 Å². The fraction of sp³-hybridized carbons (Fsp3) is 0.815. The van der Waals surface area contributed by atoms with E-state index in [-0.39, 0.29) is 62.0 Å². The van der Waals surface area contributed by atoms with Crippen molar-refractivity contribution in [1.82, 2.24) is 21.3 Å². The van der Waals surface area contributed by atoms with Gasteiger partial charge in [-0.3, -0.25) is 14.4 Å². The van der Waals surface area contributed by atoms with Crippen molar-refractivity contribution in [3.8, 4) is 0 Å². The van der Waals surface area contributed by atoms with Crippen molar-refractivity contribution in [3.05, 3.63) is 0 Å². The van der Waals surface area contributed by atoms with Crippen LogP contribution >= 0.6 is 0 Å². The lowest BCUT2D eigenvalue weighted by Gasteiger charge is -2.22. The average Bonchev–Trinajstić information content (AvgIpc) is 2.91. The highest BCUT2D eigenvalue weighted by Gasteiger charge is 2.23. The zero-order valence-corrected chi connectivity index (χ0v) is 24.1. The van der Waals surface area contributed by atoms with Gasteiger partial charge in [0.15, 0.2) is 0 Å². The van der Waals surface area contributed by atoms with Gasteiger partial charge in [-0.05, 0) is 32.6 Å². The third kappa shape index (κ3) is 19.9. The standard InChI is InChI=1S/C27H50N4O8/c1-5-24(34)29-16-22(17-30-25(35)6-2)39-27(37)31-23(14-9-7-8-12-20(3)33)26(36)28-15-11-10-13-21(18-32)19-38-4/h21-23,32H,5-19H2,1-4H3,(H,28,36)(H,29,34)(H,30,35)(H,31,37)/t21?,23-/m0/s1. The van der Waals surface area contributed by atoms with Gasteiger partial charge in [-0.2, -0.15) is 0 Å². The minimum atomic E-state index is -0.843. The van der Waals surface area contributed by atoms with Crippen molar-refractivity contribution in [3.63, 3.8) is 0 Å². The number of aliphatic hydroxyl groups is 1. The highest BCUT2D eigenvalue weighted by molar-refractivity contribution is 5.85. The van der Waals surface area contributed by atoms with Gasteiger partial charge in [0.2, 0.25) is 17.7 Å². The number of hydrogen-bond acceptors (Lipinski definition) is 8. The molecule has 0 saturated heterocycles. The van der Waals surface area contributed by atoms with E-state index in [9.17, 15) is 29.1 Å². The molecule has 4 amide bonds. The quantitative estimate of drug-likeness (QED) is 0.118. The Morgan fingerprint density at radius 3 is 1.97 bits per heavy atom. The normalized spacial score (nSPS) is 12.4. The molecule has 0 bridgehead atoms. The molecule has 0 aliphatic carbocycles. The van der Waals surface area contributed by atoms with Crippen LogP contribution in [-0.2, 0) is 28.7 Å². The number of amides is 4. The number of unbranched alkanes of at least 4 members (excludes halogenated alkanes) is 3. The second kappa shape index (κ2) is 23.2. The number of carbonyl (C=O) groups excluding carboxylic acids is 5. The maximum absolute atomic E-state index is 12.9. The number of ether oxygens (including phenoxy) is 2. The lowest BCUT2D eigenvalue weighted by molar-refractivity contribution is -0.123.